The van der Waals surface area contributed by atoms with E-state index < -0.39 is 5.41 Å². The average Bonchev–Trinajstić information content (AvgIpc) is 3.91. The van der Waals surface area contributed by atoms with E-state index in [0.717, 1.165) is 72.3 Å². The third-order valence-corrected chi connectivity index (χ3v) is 14.3. The van der Waals surface area contributed by atoms with Crippen molar-refractivity contribution in [3.63, 3.8) is 0 Å². The fourth-order valence-electron chi connectivity index (χ4n) is 11.3. The summed E-state index contributed by atoms with van der Waals surface area (Å²) in [5.41, 5.74) is 22.7. The van der Waals surface area contributed by atoms with Crippen LogP contribution >= 0.6 is 0 Å². The molecule has 0 aliphatic heterocycles. The number of para-hydroxylation sites is 1. The summed E-state index contributed by atoms with van der Waals surface area (Å²) in [5, 5.41) is 2.13. The predicted octanol–water partition coefficient (Wildman–Crippen LogP) is 16.7. The van der Waals surface area contributed by atoms with E-state index in [2.05, 4.69) is 231 Å². The lowest BCUT2D eigenvalue weighted by molar-refractivity contribution is 0.669. The molecule has 2 aromatic heterocycles. The van der Waals surface area contributed by atoms with Crippen LogP contribution in [0.2, 0.25) is 0 Å². The fraction of sp³-hybridized carbons (Fsp3) is 0.0154. The van der Waals surface area contributed by atoms with Gasteiger partial charge >= 0.3 is 0 Å². The zero-order chi connectivity index (χ0) is 44.8. The van der Waals surface area contributed by atoms with Crippen LogP contribution in [0.25, 0.3) is 111 Å². The van der Waals surface area contributed by atoms with Crippen LogP contribution < -0.4 is 0 Å². The number of fused-ring (bicyclic) bond motifs is 15. The van der Waals surface area contributed by atoms with Crippen LogP contribution in [0.3, 0.4) is 0 Å². The van der Waals surface area contributed by atoms with Gasteiger partial charge < -0.3 is 4.42 Å². The summed E-state index contributed by atoms with van der Waals surface area (Å²) in [6.45, 7) is 0. The molecule has 0 fully saturated rings. The fourth-order valence-corrected chi connectivity index (χ4v) is 11.3. The van der Waals surface area contributed by atoms with Gasteiger partial charge in [-0.3, -0.25) is 0 Å². The molecule has 2 aliphatic rings. The van der Waals surface area contributed by atoms with Crippen LogP contribution in [0, 0.1) is 0 Å². The normalized spacial score (nSPS) is 12.8. The third-order valence-electron chi connectivity index (χ3n) is 14.3. The lowest BCUT2D eigenvalue weighted by Gasteiger charge is -2.35. The summed E-state index contributed by atoms with van der Waals surface area (Å²) in [4.78, 5) is 11.1. The van der Waals surface area contributed by atoms with Crippen molar-refractivity contribution in [1.82, 2.24) is 9.97 Å². The van der Waals surface area contributed by atoms with E-state index in [4.69, 9.17) is 14.4 Å². The number of benzene rings is 10. The topological polar surface area (TPSA) is 38.9 Å². The molecule has 14 rings (SSSR count). The maximum absolute atomic E-state index is 6.32. The lowest BCUT2D eigenvalue weighted by atomic mass is 9.65. The van der Waals surface area contributed by atoms with Gasteiger partial charge in [-0.25, -0.2) is 9.97 Å². The van der Waals surface area contributed by atoms with Crippen molar-refractivity contribution in [1.29, 1.82) is 0 Å². The van der Waals surface area contributed by atoms with Gasteiger partial charge in [-0.05, 0) is 132 Å². The van der Waals surface area contributed by atoms with Crippen molar-refractivity contribution in [2.24, 2.45) is 0 Å². The quantitative estimate of drug-likeness (QED) is 0.173. The third kappa shape index (κ3) is 5.79. The number of aromatic nitrogens is 2. The Labute approximate surface area is 394 Å². The number of nitrogens with zero attached hydrogens (tertiary/aromatic N) is 2. The summed E-state index contributed by atoms with van der Waals surface area (Å²) in [5.74, 6) is 0.654. The molecule has 2 heterocycles. The number of hydrogen-bond donors (Lipinski definition) is 0. The van der Waals surface area contributed by atoms with Gasteiger partial charge in [-0.1, -0.05) is 188 Å². The molecule has 0 unspecified atom stereocenters. The van der Waals surface area contributed by atoms with E-state index in [0.29, 0.717) is 5.82 Å². The molecule has 3 nitrogen and oxygen atoms in total. The van der Waals surface area contributed by atoms with E-state index in [1.165, 1.54) is 55.6 Å². The van der Waals surface area contributed by atoms with Gasteiger partial charge in [-0.2, -0.15) is 0 Å². The van der Waals surface area contributed by atoms with Crippen molar-refractivity contribution in [3.8, 4) is 89.5 Å². The van der Waals surface area contributed by atoms with Gasteiger partial charge in [0.25, 0.3) is 0 Å². The first-order valence-electron chi connectivity index (χ1n) is 23.3. The van der Waals surface area contributed by atoms with Gasteiger partial charge in [0.2, 0.25) is 0 Å². The minimum absolute atomic E-state index is 0.616. The molecule has 0 N–H and O–H groups in total. The highest BCUT2D eigenvalue weighted by molar-refractivity contribution is 6.06. The minimum Gasteiger partial charge on any atom is -0.456 e. The van der Waals surface area contributed by atoms with Gasteiger partial charge in [0.05, 0.1) is 16.8 Å². The van der Waals surface area contributed by atoms with Crippen LogP contribution in [0.1, 0.15) is 22.3 Å². The maximum Gasteiger partial charge on any atom is 0.160 e. The molecule has 0 saturated carbocycles. The summed E-state index contributed by atoms with van der Waals surface area (Å²) >= 11 is 0. The lowest BCUT2D eigenvalue weighted by Crippen LogP contribution is -2.29. The van der Waals surface area contributed by atoms with E-state index in [-0.39, 0.29) is 0 Å². The summed E-state index contributed by atoms with van der Waals surface area (Å²) in [6, 6.07) is 87.8. The maximum atomic E-state index is 6.32. The van der Waals surface area contributed by atoms with Crippen molar-refractivity contribution in [2.75, 3.05) is 0 Å². The smallest absolute Gasteiger partial charge is 0.160 e. The summed E-state index contributed by atoms with van der Waals surface area (Å²) in [6.07, 6.45) is 0. The van der Waals surface area contributed by atoms with Crippen LogP contribution in [0.4, 0.5) is 0 Å². The van der Waals surface area contributed by atoms with Crippen molar-refractivity contribution in [3.05, 3.63) is 265 Å². The molecule has 12 aromatic rings. The molecule has 3 heteroatoms. The largest absolute Gasteiger partial charge is 0.456 e. The van der Waals surface area contributed by atoms with E-state index in [1.54, 1.807) is 0 Å². The highest BCUT2D eigenvalue weighted by Gasteiger charge is 2.49. The standard InChI is InChI=1S/C65H40N2O/c1-3-17-41(18-4-1)45-35-46(42-19-5-2-6-20-42)37-47(36-45)64-66-60(43-32-34-63-55(38-43)54-26-12-16-30-62(54)68-63)40-61(67-64)44-31-33-53-49-22-8-7-21-48(49)50-23-9-13-27-56(50)65(59(53)39-44)57-28-14-10-24-51(57)52-25-11-15-29-58(52)65/h1-40H. The zero-order valence-corrected chi connectivity index (χ0v) is 36.9. The summed E-state index contributed by atoms with van der Waals surface area (Å²) < 4.78 is 6.32. The van der Waals surface area contributed by atoms with Gasteiger partial charge in [0.1, 0.15) is 11.2 Å². The second-order valence-electron chi connectivity index (χ2n) is 18.0. The Balaban J connectivity index is 1.06. The number of furan rings is 1. The molecular weight excluding hydrogens is 825 g/mol. The Morgan fingerprint density at radius 1 is 0.265 bits per heavy atom. The summed E-state index contributed by atoms with van der Waals surface area (Å²) in [7, 11) is 0. The average molecular weight is 865 g/mol. The van der Waals surface area contributed by atoms with Crippen molar-refractivity contribution in [2.45, 2.75) is 5.41 Å². The first-order chi connectivity index (χ1) is 33.7. The number of rotatable bonds is 5. The molecule has 10 aromatic carbocycles. The molecule has 0 amide bonds. The zero-order valence-electron chi connectivity index (χ0n) is 36.9. The molecular formula is C65H40N2O. The van der Waals surface area contributed by atoms with Gasteiger partial charge in [0.15, 0.2) is 5.82 Å². The Kier molecular flexibility index (Phi) is 8.50. The second kappa shape index (κ2) is 15.1. The second-order valence-corrected chi connectivity index (χ2v) is 18.0. The first kappa shape index (κ1) is 38.4. The Hall–Kier alpha value is -8.92. The molecule has 0 atom stereocenters. The van der Waals surface area contributed by atoms with Gasteiger partial charge in [-0.15, -0.1) is 0 Å². The van der Waals surface area contributed by atoms with Crippen LogP contribution in [-0.2, 0) is 5.41 Å². The number of hydrogen-bond acceptors (Lipinski definition) is 3. The van der Waals surface area contributed by atoms with Crippen LogP contribution in [0.5, 0.6) is 0 Å². The van der Waals surface area contributed by atoms with Crippen molar-refractivity contribution >= 4 is 21.9 Å². The highest BCUT2D eigenvalue weighted by atomic mass is 16.3. The van der Waals surface area contributed by atoms with Gasteiger partial charge in [0, 0.05) is 27.5 Å². The molecule has 0 radical (unpaired) electrons. The Bertz CT molecular complexity index is 3870. The van der Waals surface area contributed by atoms with E-state index in [1.807, 2.05) is 12.1 Å². The molecule has 316 valence electrons. The van der Waals surface area contributed by atoms with E-state index >= 15 is 0 Å². The Morgan fingerprint density at radius 3 is 1.31 bits per heavy atom. The molecule has 68 heavy (non-hydrogen) atoms. The van der Waals surface area contributed by atoms with Crippen molar-refractivity contribution < 1.29 is 4.42 Å². The highest BCUT2D eigenvalue weighted by Crippen LogP contribution is 2.61. The van der Waals surface area contributed by atoms with Crippen LogP contribution in [0.15, 0.2) is 247 Å². The Morgan fingerprint density at radius 2 is 0.706 bits per heavy atom. The predicted molar refractivity (Wildman–Crippen MR) is 278 cm³/mol. The molecule has 1 spiro atoms. The monoisotopic (exact) mass is 864 g/mol. The van der Waals surface area contributed by atoms with Crippen LogP contribution in [-0.4, -0.2) is 9.97 Å². The molecule has 0 saturated heterocycles. The molecule has 2 aliphatic carbocycles. The van der Waals surface area contributed by atoms with E-state index in [9.17, 15) is 0 Å². The SMILES string of the molecule is c1ccc(-c2cc(-c3ccccc3)cc(-c3nc(-c4ccc5c(c4)C4(c6ccccc6-c6ccccc6-5)c5ccccc5-c5ccccc54)cc(-c4ccc5oc6ccccc6c5c4)n3)c2)cc1. The molecule has 0 bridgehead atoms. The first-order valence-corrected chi connectivity index (χ1v) is 23.3. The minimum atomic E-state index is -0.616.